The molecule has 3 nitrogen and oxygen atoms in total. The van der Waals surface area contributed by atoms with Crippen molar-refractivity contribution in [3.05, 3.63) is 60.7 Å². The van der Waals surface area contributed by atoms with Gasteiger partial charge in [-0.25, -0.2) is 4.79 Å². The standard InChI is InChI=1S/C20H26N2O/c1-3-4-7-12-17(2)21-20(23)22(18-13-8-5-9-14-18)19-15-10-6-11-16-19/h5-6,8-11,13-17H,3-4,7,12H2,1-2H3,(H,21,23). The quantitative estimate of drug-likeness (QED) is 0.673. The van der Waals surface area contributed by atoms with E-state index in [1.807, 2.05) is 60.7 Å². The Morgan fingerprint density at radius 1 is 0.957 bits per heavy atom. The minimum atomic E-state index is -0.0774. The summed E-state index contributed by atoms with van der Waals surface area (Å²) in [6.07, 6.45) is 4.56. The lowest BCUT2D eigenvalue weighted by Gasteiger charge is -2.25. The Bertz CT molecular complexity index is 544. The number of anilines is 2. The summed E-state index contributed by atoms with van der Waals surface area (Å²) >= 11 is 0. The fourth-order valence-electron chi connectivity index (χ4n) is 2.59. The molecule has 0 saturated carbocycles. The summed E-state index contributed by atoms with van der Waals surface area (Å²) in [7, 11) is 0. The Morgan fingerprint density at radius 2 is 1.48 bits per heavy atom. The van der Waals surface area contributed by atoms with Crippen LogP contribution in [0.5, 0.6) is 0 Å². The summed E-state index contributed by atoms with van der Waals surface area (Å²) in [6, 6.07) is 19.6. The molecule has 2 aromatic carbocycles. The van der Waals surface area contributed by atoms with Gasteiger partial charge < -0.3 is 5.32 Å². The van der Waals surface area contributed by atoms with E-state index in [1.165, 1.54) is 12.8 Å². The molecule has 0 bridgehead atoms. The van der Waals surface area contributed by atoms with Gasteiger partial charge in [0.1, 0.15) is 0 Å². The molecular formula is C20H26N2O. The Hall–Kier alpha value is -2.29. The molecule has 2 aromatic rings. The molecule has 1 atom stereocenters. The third-order valence-electron chi connectivity index (χ3n) is 3.84. The van der Waals surface area contributed by atoms with Crippen LogP contribution in [-0.2, 0) is 0 Å². The number of nitrogens with one attached hydrogen (secondary N) is 1. The van der Waals surface area contributed by atoms with E-state index in [0.717, 1.165) is 24.2 Å². The minimum Gasteiger partial charge on any atom is -0.335 e. The van der Waals surface area contributed by atoms with Crippen LogP contribution in [0.4, 0.5) is 16.2 Å². The van der Waals surface area contributed by atoms with Crippen LogP contribution in [0, 0.1) is 0 Å². The van der Waals surface area contributed by atoms with Gasteiger partial charge in [-0.1, -0.05) is 62.6 Å². The zero-order valence-electron chi connectivity index (χ0n) is 14.0. The second-order valence-electron chi connectivity index (χ2n) is 5.85. The smallest absolute Gasteiger partial charge is 0.326 e. The van der Waals surface area contributed by atoms with Crippen molar-refractivity contribution in [2.45, 2.75) is 45.6 Å². The average Bonchev–Trinajstić information content (AvgIpc) is 2.57. The second kappa shape index (κ2) is 8.99. The molecule has 3 heteroatoms. The Labute approximate surface area is 139 Å². The fourth-order valence-corrected chi connectivity index (χ4v) is 2.59. The molecule has 0 saturated heterocycles. The molecular weight excluding hydrogens is 284 g/mol. The maximum atomic E-state index is 12.8. The maximum absolute atomic E-state index is 12.8. The van der Waals surface area contributed by atoms with Crippen LogP contribution in [-0.4, -0.2) is 12.1 Å². The van der Waals surface area contributed by atoms with Crippen LogP contribution in [0.2, 0.25) is 0 Å². The highest BCUT2D eigenvalue weighted by molar-refractivity contribution is 5.99. The first-order valence-electron chi connectivity index (χ1n) is 8.43. The number of carbonyl (C=O) groups excluding carboxylic acids is 1. The van der Waals surface area contributed by atoms with Gasteiger partial charge in [0.2, 0.25) is 0 Å². The van der Waals surface area contributed by atoms with Crippen LogP contribution >= 0.6 is 0 Å². The molecule has 0 heterocycles. The largest absolute Gasteiger partial charge is 0.335 e. The highest BCUT2D eigenvalue weighted by atomic mass is 16.2. The normalized spacial score (nSPS) is 11.7. The number of benzene rings is 2. The van der Waals surface area contributed by atoms with Crippen molar-refractivity contribution < 1.29 is 4.79 Å². The van der Waals surface area contributed by atoms with Gasteiger partial charge in [0.15, 0.2) is 0 Å². The highest BCUT2D eigenvalue weighted by Crippen LogP contribution is 2.25. The third-order valence-corrected chi connectivity index (χ3v) is 3.84. The van der Waals surface area contributed by atoms with Gasteiger partial charge >= 0.3 is 6.03 Å². The lowest BCUT2D eigenvalue weighted by atomic mass is 10.1. The summed E-state index contributed by atoms with van der Waals surface area (Å²) in [5, 5.41) is 3.12. The van der Waals surface area contributed by atoms with E-state index in [-0.39, 0.29) is 12.1 Å². The van der Waals surface area contributed by atoms with E-state index < -0.39 is 0 Å². The first kappa shape index (κ1) is 17.1. The van der Waals surface area contributed by atoms with Crippen molar-refractivity contribution in [1.29, 1.82) is 0 Å². The number of urea groups is 1. The molecule has 0 radical (unpaired) electrons. The second-order valence-corrected chi connectivity index (χ2v) is 5.85. The van der Waals surface area contributed by atoms with Crippen LogP contribution in [0.3, 0.4) is 0 Å². The summed E-state index contributed by atoms with van der Waals surface area (Å²) in [4.78, 5) is 14.5. The van der Waals surface area contributed by atoms with Crippen molar-refractivity contribution in [2.75, 3.05) is 4.90 Å². The van der Waals surface area contributed by atoms with E-state index in [1.54, 1.807) is 4.90 Å². The van der Waals surface area contributed by atoms with E-state index >= 15 is 0 Å². The van der Waals surface area contributed by atoms with Crippen molar-refractivity contribution in [3.63, 3.8) is 0 Å². The third kappa shape index (κ3) is 5.13. The SMILES string of the molecule is CCCCCC(C)NC(=O)N(c1ccccc1)c1ccccc1. The number of nitrogens with zero attached hydrogens (tertiary/aromatic N) is 1. The Balaban J connectivity index is 2.13. The Morgan fingerprint density at radius 3 is 1.96 bits per heavy atom. The first-order chi connectivity index (χ1) is 11.2. The van der Waals surface area contributed by atoms with Gasteiger partial charge in [0, 0.05) is 6.04 Å². The van der Waals surface area contributed by atoms with Crippen molar-refractivity contribution in [1.82, 2.24) is 5.32 Å². The molecule has 0 aliphatic rings. The molecule has 2 rings (SSSR count). The lowest BCUT2D eigenvalue weighted by molar-refractivity contribution is 0.244. The molecule has 2 amide bonds. The fraction of sp³-hybridized carbons (Fsp3) is 0.350. The van der Waals surface area contributed by atoms with Gasteiger partial charge in [-0.15, -0.1) is 0 Å². The monoisotopic (exact) mass is 310 g/mol. The maximum Gasteiger partial charge on any atom is 0.326 e. The van der Waals surface area contributed by atoms with E-state index in [2.05, 4.69) is 19.2 Å². The molecule has 0 spiro atoms. The number of carbonyl (C=O) groups is 1. The molecule has 23 heavy (non-hydrogen) atoms. The summed E-state index contributed by atoms with van der Waals surface area (Å²) in [6.45, 7) is 4.26. The Kier molecular flexibility index (Phi) is 6.67. The molecule has 0 aliphatic carbocycles. The summed E-state index contributed by atoms with van der Waals surface area (Å²) < 4.78 is 0. The van der Waals surface area contributed by atoms with Gasteiger partial charge in [-0.3, -0.25) is 4.90 Å². The van der Waals surface area contributed by atoms with Gasteiger partial charge in [-0.2, -0.15) is 0 Å². The zero-order valence-corrected chi connectivity index (χ0v) is 14.0. The number of hydrogen-bond acceptors (Lipinski definition) is 1. The number of hydrogen-bond donors (Lipinski definition) is 1. The number of para-hydroxylation sites is 2. The van der Waals surface area contributed by atoms with Crippen molar-refractivity contribution >= 4 is 17.4 Å². The van der Waals surface area contributed by atoms with Crippen molar-refractivity contribution in [2.24, 2.45) is 0 Å². The molecule has 0 aromatic heterocycles. The van der Waals surface area contributed by atoms with Gasteiger partial charge in [0.25, 0.3) is 0 Å². The predicted molar refractivity (Wildman–Crippen MR) is 97.2 cm³/mol. The van der Waals surface area contributed by atoms with Crippen LogP contribution in [0.1, 0.15) is 39.5 Å². The average molecular weight is 310 g/mol. The van der Waals surface area contributed by atoms with Crippen LogP contribution < -0.4 is 10.2 Å². The zero-order chi connectivity index (χ0) is 16.5. The van der Waals surface area contributed by atoms with Crippen molar-refractivity contribution in [3.8, 4) is 0 Å². The van der Waals surface area contributed by atoms with Crippen LogP contribution in [0.25, 0.3) is 0 Å². The van der Waals surface area contributed by atoms with E-state index in [4.69, 9.17) is 0 Å². The first-order valence-corrected chi connectivity index (χ1v) is 8.43. The molecule has 122 valence electrons. The summed E-state index contributed by atoms with van der Waals surface area (Å²) in [5.74, 6) is 0. The number of unbranched alkanes of at least 4 members (excludes halogenated alkanes) is 2. The molecule has 0 fully saturated rings. The summed E-state index contributed by atoms with van der Waals surface area (Å²) in [5.41, 5.74) is 1.74. The number of rotatable bonds is 7. The number of amides is 2. The van der Waals surface area contributed by atoms with Gasteiger partial charge in [-0.05, 0) is 37.6 Å². The topological polar surface area (TPSA) is 32.3 Å². The lowest BCUT2D eigenvalue weighted by Crippen LogP contribution is -2.41. The van der Waals surface area contributed by atoms with E-state index in [0.29, 0.717) is 0 Å². The van der Waals surface area contributed by atoms with Crippen LogP contribution in [0.15, 0.2) is 60.7 Å². The van der Waals surface area contributed by atoms with E-state index in [9.17, 15) is 4.79 Å². The molecule has 1 N–H and O–H groups in total. The predicted octanol–water partition coefficient (Wildman–Crippen LogP) is 5.50. The minimum absolute atomic E-state index is 0.0774. The highest BCUT2D eigenvalue weighted by Gasteiger charge is 2.19. The van der Waals surface area contributed by atoms with Gasteiger partial charge in [0.05, 0.1) is 11.4 Å². The molecule has 0 aliphatic heterocycles. The molecule has 1 unspecified atom stereocenters.